The molecule has 1 unspecified atom stereocenters. The second-order valence-corrected chi connectivity index (χ2v) is 7.75. The summed E-state index contributed by atoms with van der Waals surface area (Å²) in [5.41, 5.74) is -1.75. The van der Waals surface area contributed by atoms with Gasteiger partial charge in [0.1, 0.15) is 0 Å². The summed E-state index contributed by atoms with van der Waals surface area (Å²) in [6, 6.07) is 9.90. The molecule has 0 aromatic heterocycles. The molecule has 1 atom stereocenters. The molecule has 2 rings (SSSR count). The highest BCUT2D eigenvalue weighted by Gasteiger charge is 2.34. The molecule has 2 aromatic rings. The number of alkyl halides is 3. The van der Waals surface area contributed by atoms with E-state index in [0.29, 0.717) is 0 Å². The Hall–Kier alpha value is -3.08. The zero-order chi connectivity index (χ0) is 21.8. The number of benzene rings is 2. The van der Waals surface area contributed by atoms with E-state index in [4.69, 9.17) is 4.74 Å². The lowest BCUT2D eigenvalue weighted by Crippen LogP contribution is -2.31. The van der Waals surface area contributed by atoms with Gasteiger partial charge < -0.3 is 10.1 Å². The van der Waals surface area contributed by atoms with Crippen LogP contribution in [0.15, 0.2) is 48.5 Å². The van der Waals surface area contributed by atoms with Crippen LogP contribution in [0.5, 0.6) is 0 Å². The maximum Gasteiger partial charge on any atom is 0.418 e. The first-order valence-corrected chi connectivity index (χ1v) is 10.0. The van der Waals surface area contributed by atoms with Gasteiger partial charge in [0.2, 0.25) is 10.0 Å². The van der Waals surface area contributed by atoms with E-state index in [9.17, 15) is 31.2 Å². The third-order valence-electron chi connectivity index (χ3n) is 3.59. The Bertz CT molecular complexity index is 1020. The molecule has 1 amide bonds. The fraction of sp³-hybridized carbons (Fsp3) is 0.222. The van der Waals surface area contributed by atoms with Crippen LogP contribution in [0.3, 0.4) is 0 Å². The molecule has 156 valence electrons. The molecule has 0 saturated carbocycles. The number of carbonyl (C=O) groups excluding carboxylic acids is 2. The fourth-order valence-corrected chi connectivity index (χ4v) is 2.88. The van der Waals surface area contributed by atoms with E-state index in [-0.39, 0.29) is 11.3 Å². The number of hydrogen-bond donors (Lipinski definition) is 2. The standard InChI is InChI=1S/C18H17F3N2O5S/c1-11(16(24)22-15-10-6-4-8-13(15)18(19,20)21)28-17(25)12-7-3-5-9-14(12)23-29(2,26)27/h3-11,23H,1-2H3,(H,22,24). The van der Waals surface area contributed by atoms with Crippen LogP contribution in [-0.2, 0) is 25.7 Å². The molecular formula is C18H17F3N2O5S. The van der Waals surface area contributed by atoms with Gasteiger partial charge in [0, 0.05) is 0 Å². The molecule has 2 aromatic carbocycles. The van der Waals surface area contributed by atoms with E-state index in [2.05, 4.69) is 10.0 Å². The van der Waals surface area contributed by atoms with Gasteiger partial charge in [0.05, 0.1) is 28.8 Å². The van der Waals surface area contributed by atoms with Crippen molar-refractivity contribution in [2.75, 3.05) is 16.3 Å². The number of nitrogens with one attached hydrogen (secondary N) is 2. The average molecular weight is 430 g/mol. The second-order valence-electron chi connectivity index (χ2n) is 6.00. The molecule has 29 heavy (non-hydrogen) atoms. The van der Waals surface area contributed by atoms with Crippen LogP contribution >= 0.6 is 0 Å². The van der Waals surface area contributed by atoms with Gasteiger partial charge in [-0.3, -0.25) is 9.52 Å². The molecule has 0 fully saturated rings. The number of sulfonamides is 1. The van der Waals surface area contributed by atoms with Crippen molar-refractivity contribution < 1.29 is 35.9 Å². The zero-order valence-electron chi connectivity index (χ0n) is 15.3. The van der Waals surface area contributed by atoms with Crippen LogP contribution in [-0.4, -0.2) is 32.7 Å². The summed E-state index contributed by atoms with van der Waals surface area (Å²) in [4.78, 5) is 24.5. The van der Waals surface area contributed by atoms with Crippen LogP contribution in [0.25, 0.3) is 0 Å². The Morgan fingerprint density at radius 3 is 2.14 bits per heavy atom. The molecule has 7 nitrogen and oxygen atoms in total. The summed E-state index contributed by atoms with van der Waals surface area (Å²) in [6.45, 7) is 1.18. The van der Waals surface area contributed by atoms with E-state index in [1.165, 1.54) is 43.3 Å². The van der Waals surface area contributed by atoms with Crippen molar-refractivity contribution in [3.8, 4) is 0 Å². The van der Waals surface area contributed by atoms with Crippen molar-refractivity contribution >= 4 is 33.3 Å². The van der Waals surface area contributed by atoms with Gasteiger partial charge in [0.15, 0.2) is 6.10 Å². The first kappa shape index (κ1) is 22.2. The molecule has 0 heterocycles. The predicted octanol–water partition coefficient (Wildman–Crippen LogP) is 3.26. The molecule has 2 N–H and O–H groups in total. The van der Waals surface area contributed by atoms with Gasteiger partial charge in [0.25, 0.3) is 5.91 Å². The monoisotopic (exact) mass is 430 g/mol. The van der Waals surface area contributed by atoms with Gasteiger partial charge in [-0.2, -0.15) is 13.2 Å². The number of para-hydroxylation sites is 2. The zero-order valence-corrected chi connectivity index (χ0v) is 16.1. The van der Waals surface area contributed by atoms with Crippen LogP contribution in [0.4, 0.5) is 24.5 Å². The number of esters is 1. The maximum atomic E-state index is 13.0. The van der Waals surface area contributed by atoms with Crippen molar-refractivity contribution in [1.82, 2.24) is 0 Å². The SMILES string of the molecule is CC(OC(=O)c1ccccc1NS(C)(=O)=O)C(=O)Nc1ccccc1C(F)(F)F. The number of halogens is 3. The van der Waals surface area contributed by atoms with Gasteiger partial charge >= 0.3 is 12.1 Å². The number of carbonyl (C=O) groups is 2. The lowest BCUT2D eigenvalue weighted by molar-refractivity contribution is -0.137. The number of amides is 1. The molecular weight excluding hydrogens is 413 g/mol. The van der Waals surface area contributed by atoms with Gasteiger partial charge in [-0.15, -0.1) is 0 Å². The molecule has 11 heteroatoms. The van der Waals surface area contributed by atoms with Crippen molar-refractivity contribution in [3.63, 3.8) is 0 Å². The minimum Gasteiger partial charge on any atom is -0.449 e. The molecule has 0 aliphatic carbocycles. The van der Waals surface area contributed by atoms with Gasteiger partial charge in [-0.25, -0.2) is 13.2 Å². The van der Waals surface area contributed by atoms with E-state index in [1.807, 2.05) is 0 Å². The van der Waals surface area contributed by atoms with Crippen molar-refractivity contribution in [2.45, 2.75) is 19.2 Å². The van der Waals surface area contributed by atoms with E-state index in [1.54, 1.807) is 0 Å². The van der Waals surface area contributed by atoms with Crippen molar-refractivity contribution in [3.05, 3.63) is 59.7 Å². The normalized spacial score (nSPS) is 12.7. The van der Waals surface area contributed by atoms with Crippen LogP contribution in [0, 0.1) is 0 Å². The Morgan fingerprint density at radius 2 is 1.55 bits per heavy atom. The van der Waals surface area contributed by atoms with E-state index >= 15 is 0 Å². The largest absolute Gasteiger partial charge is 0.449 e. The number of hydrogen-bond acceptors (Lipinski definition) is 5. The van der Waals surface area contributed by atoms with Crippen LogP contribution in [0.1, 0.15) is 22.8 Å². The Morgan fingerprint density at radius 1 is 1.00 bits per heavy atom. The van der Waals surface area contributed by atoms with E-state index < -0.39 is 45.4 Å². The second kappa shape index (κ2) is 8.52. The summed E-state index contributed by atoms with van der Waals surface area (Å²) in [6.07, 6.45) is -5.24. The van der Waals surface area contributed by atoms with E-state index in [0.717, 1.165) is 18.4 Å². The summed E-state index contributed by atoms with van der Waals surface area (Å²) in [7, 11) is -3.68. The molecule has 0 saturated heterocycles. The third kappa shape index (κ3) is 6.21. The van der Waals surface area contributed by atoms with Crippen molar-refractivity contribution in [2.24, 2.45) is 0 Å². The highest BCUT2D eigenvalue weighted by Crippen LogP contribution is 2.34. The summed E-state index contributed by atoms with van der Waals surface area (Å²) >= 11 is 0. The summed E-state index contributed by atoms with van der Waals surface area (Å²) < 4.78 is 69.0. The smallest absolute Gasteiger partial charge is 0.418 e. The molecule has 0 radical (unpaired) electrons. The van der Waals surface area contributed by atoms with Crippen LogP contribution in [0.2, 0.25) is 0 Å². The molecule has 0 bridgehead atoms. The molecule has 0 spiro atoms. The van der Waals surface area contributed by atoms with Gasteiger partial charge in [-0.05, 0) is 31.2 Å². The molecule has 0 aliphatic rings. The first-order chi connectivity index (χ1) is 13.4. The predicted molar refractivity (Wildman–Crippen MR) is 99.9 cm³/mol. The average Bonchev–Trinajstić information content (AvgIpc) is 2.60. The number of rotatable bonds is 6. The highest BCUT2D eigenvalue weighted by atomic mass is 32.2. The first-order valence-electron chi connectivity index (χ1n) is 8.13. The minimum atomic E-state index is -4.68. The molecule has 0 aliphatic heterocycles. The third-order valence-corrected chi connectivity index (χ3v) is 4.18. The lowest BCUT2D eigenvalue weighted by Gasteiger charge is -2.17. The number of ether oxygens (including phenoxy) is 1. The Balaban J connectivity index is 2.15. The summed E-state index contributed by atoms with van der Waals surface area (Å²) in [5, 5.41) is 2.08. The van der Waals surface area contributed by atoms with Gasteiger partial charge in [-0.1, -0.05) is 24.3 Å². The van der Waals surface area contributed by atoms with Crippen molar-refractivity contribution in [1.29, 1.82) is 0 Å². The van der Waals surface area contributed by atoms with Crippen LogP contribution < -0.4 is 10.0 Å². The Kier molecular flexibility index (Phi) is 6.52. The summed E-state index contributed by atoms with van der Waals surface area (Å²) in [5.74, 6) is -2.01. The fourth-order valence-electron chi connectivity index (χ4n) is 2.30. The lowest BCUT2D eigenvalue weighted by atomic mass is 10.1. The quantitative estimate of drug-likeness (QED) is 0.685. The highest BCUT2D eigenvalue weighted by molar-refractivity contribution is 7.92. The topological polar surface area (TPSA) is 102 Å². The minimum absolute atomic E-state index is 0.0602. The Labute approximate surface area is 164 Å². The number of anilines is 2. The maximum absolute atomic E-state index is 13.0.